The van der Waals surface area contributed by atoms with Gasteiger partial charge in [-0.1, -0.05) is 36.4 Å². The fourth-order valence-electron chi connectivity index (χ4n) is 3.31. The molecule has 0 radical (unpaired) electrons. The Morgan fingerprint density at radius 1 is 0.967 bits per heavy atom. The molecule has 6 heteroatoms. The lowest BCUT2D eigenvalue weighted by atomic mass is 10.1. The molecule has 0 saturated heterocycles. The van der Waals surface area contributed by atoms with Crippen molar-refractivity contribution < 1.29 is 14.5 Å². The normalized spacial score (nSPS) is 14.7. The maximum Gasteiger partial charge on any atom is 0.269 e. The summed E-state index contributed by atoms with van der Waals surface area (Å²) in [5.41, 5.74) is 3.56. The number of hydrogen-bond acceptors (Lipinski definition) is 4. The largest absolute Gasteiger partial charge is 0.497 e. The molecule has 148 valence electrons. The van der Waals surface area contributed by atoms with Gasteiger partial charge in [0, 0.05) is 23.8 Å². The number of anilines is 1. The monoisotopic (exact) mass is 398 g/mol. The molecule has 1 amide bonds. The molecule has 3 aromatic carbocycles. The fraction of sp³-hybridized carbons (Fsp3) is 0.0417. The Balaban J connectivity index is 1.78. The summed E-state index contributed by atoms with van der Waals surface area (Å²) in [6.45, 7) is 0. The lowest BCUT2D eigenvalue weighted by molar-refractivity contribution is -0.384. The van der Waals surface area contributed by atoms with Crippen LogP contribution in [-0.2, 0) is 4.79 Å². The molecular weight excluding hydrogens is 380 g/mol. The summed E-state index contributed by atoms with van der Waals surface area (Å²) >= 11 is 0. The second-order valence-electron chi connectivity index (χ2n) is 6.69. The van der Waals surface area contributed by atoms with E-state index >= 15 is 0 Å². The summed E-state index contributed by atoms with van der Waals surface area (Å²) in [6.07, 6.45) is 3.56. The third-order valence-corrected chi connectivity index (χ3v) is 4.79. The Morgan fingerprint density at radius 3 is 2.37 bits per heavy atom. The van der Waals surface area contributed by atoms with Crippen molar-refractivity contribution >= 4 is 29.1 Å². The van der Waals surface area contributed by atoms with Crippen LogP contribution < -0.4 is 9.64 Å². The van der Waals surface area contributed by atoms with Crippen molar-refractivity contribution in [2.75, 3.05) is 12.0 Å². The second-order valence-corrected chi connectivity index (χ2v) is 6.69. The van der Waals surface area contributed by atoms with Crippen LogP contribution in [0.1, 0.15) is 11.1 Å². The third-order valence-electron chi connectivity index (χ3n) is 4.79. The molecule has 0 aliphatic carbocycles. The summed E-state index contributed by atoms with van der Waals surface area (Å²) in [5, 5.41) is 10.9. The van der Waals surface area contributed by atoms with Crippen LogP contribution in [0.3, 0.4) is 0 Å². The zero-order chi connectivity index (χ0) is 21.1. The van der Waals surface area contributed by atoms with E-state index in [9.17, 15) is 14.9 Å². The maximum atomic E-state index is 13.3. The molecule has 1 aliphatic rings. The number of amides is 1. The molecule has 0 saturated carbocycles. The van der Waals surface area contributed by atoms with Gasteiger partial charge in [-0.25, -0.2) is 0 Å². The van der Waals surface area contributed by atoms with E-state index < -0.39 is 4.92 Å². The summed E-state index contributed by atoms with van der Waals surface area (Å²) in [5.74, 6) is 0.473. The zero-order valence-electron chi connectivity index (χ0n) is 16.2. The summed E-state index contributed by atoms with van der Waals surface area (Å²) in [7, 11) is 1.58. The van der Waals surface area contributed by atoms with Gasteiger partial charge in [0.25, 0.3) is 11.6 Å². The lowest BCUT2D eigenvalue weighted by Crippen LogP contribution is -2.24. The molecule has 3 aromatic rings. The highest BCUT2D eigenvalue weighted by Crippen LogP contribution is 2.36. The first-order valence-corrected chi connectivity index (χ1v) is 9.28. The first kappa shape index (κ1) is 19.1. The number of nitro groups is 1. The van der Waals surface area contributed by atoms with Crippen molar-refractivity contribution in [2.45, 2.75) is 0 Å². The second kappa shape index (κ2) is 8.05. The predicted molar refractivity (Wildman–Crippen MR) is 116 cm³/mol. The number of non-ortho nitro benzene ring substituents is 1. The van der Waals surface area contributed by atoms with E-state index in [2.05, 4.69) is 0 Å². The van der Waals surface area contributed by atoms with Gasteiger partial charge in [0.2, 0.25) is 0 Å². The Kier molecular flexibility index (Phi) is 5.13. The Hall–Kier alpha value is -4.19. The van der Waals surface area contributed by atoms with Crippen LogP contribution in [0.25, 0.3) is 11.8 Å². The highest BCUT2D eigenvalue weighted by molar-refractivity contribution is 6.23. The van der Waals surface area contributed by atoms with Crippen molar-refractivity contribution in [1.29, 1.82) is 0 Å². The number of nitro benzene ring substituents is 1. The molecule has 4 rings (SSSR count). The quantitative estimate of drug-likeness (QED) is 0.341. The van der Waals surface area contributed by atoms with Crippen molar-refractivity contribution in [1.82, 2.24) is 0 Å². The molecule has 6 nitrogen and oxygen atoms in total. The van der Waals surface area contributed by atoms with E-state index in [1.165, 1.54) is 12.1 Å². The molecule has 0 spiro atoms. The van der Waals surface area contributed by atoms with Crippen molar-refractivity contribution in [2.24, 2.45) is 0 Å². The molecule has 0 fully saturated rings. The highest BCUT2D eigenvalue weighted by Gasteiger charge is 2.30. The summed E-state index contributed by atoms with van der Waals surface area (Å²) in [6, 6.07) is 23.1. The van der Waals surface area contributed by atoms with E-state index in [1.54, 1.807) is 30.2 Å². The molecule has 0 N–H and O–H groups in total. The first-order chi connectivity index (χ1) is 14.6. The number of methoxy groups -OCH3 is 1. The van der Waals surface area contributed by atoms with Crippen LogP contribution in [0.2, 0.25) is 0 Å². The van der Waals surface area contributed by atoms with Crippen LogP contribution in [0, 0.1) is 10.1 Å². The van der Waals surface area contributed by atoms with Crippen molar-refractivity contribution in [3.8, 4) is 5.75 Å². The Morgan fingerprint density at radius 2 is 1.70 bits per heavy atom. The summed E-state index contributed by atoms with van der Waals surface area (Å²) in [4.78, 5) is 25.4. The van der Waals surface area contributed by atoms with Gasteiger partial charge in [-0.2, -0.15) is 0 Å². The average molecular weight is 398 g/mol. The summed E-state index contributed by atoms with van der Waals surface area (Å²) < 4.78 is 5.32. The molecule has 1 aliphatic heterocycles. The van der Waals surface area contributed by atoms with Gasteiger partial charge in [0.05, 0.1) is 23.4 Å². The van der Waals surface area contributed by atoms with Crippen molar-refractivity contribution in [3.63, 3.8) is 0 Å². The third kappa shape index (κ3) is 3.71. The minimum atomic E-state index is -0.449. The van der Waals surface area contributed by atoms with E-state index in [-0.39, 0.29) is 11.6 Å². The number of carbonyl (C=O) groups excluding carboxylic acids is 1. The minimum absolute atomic E-state index is 0.00780. The molecule has 1 heterocycles. The first-order valence-electron chi connectivity index (χ1n) is 9.28. The number of rotatable bonds is 5. The van der Waals surface area contributed by atoms with E-state index in [1.807, 2.05) is 60.7 Å². The van der Waals surface area contributed by atoms with Gasteiger partial charge in [-0.15, -0.1) is 0 Å². The number of hydrogen-bond donors (Lipinski definition) is 0. The standard InChI is InChI=1S/C24H18N2O4/c1-30-22-9-5-8-21(16-22)25-23(18-6-3-2-4-7-18)15-19(24(25)27)14-17-10-12-20(13-11-17)26(28)29/h2-16H,1H3/b19-14+. The lowest BCUT2D eigenvalue weighted by Gasteiger charge is -2.21. The molecule has 0 aromatic heterocycles. The van der Waals surface area contributed by atoms with Crippen molar-refractivity contribution in [3.05, 3.63) is 112 Å². The SMILES string of the molecule is COc1cccc(N2C(=O)/C(=C/c3ccc([N+](=O)[O-])cc3)C=C2c2ccccc2)c1. The highest BCUT2D eigenvalue weighted by atomic mass is 16.6. The van der Waals surface area contributed by atoms with Crippen LogP contribution in [0.15, 0.2) is 90.5 Å². The van der Waals surface area contributed by atoms with Gasteiger partial charge in [-0.3, -0.25) is 19.8 Å². The van der Waals surface area contributed by atoms with E-state index in [4.69, 9.17) is 4.74 Å². The Bertz CT molecular complexity index is 1170. The van der Waals surface area contributed by atoms with Gasteiger partial charge in [-0.05, 0) is 47.5 Å². The fourth-order valence-corrected chi connectivity index (χ4v) is 3.31. The smallest absolute Gasteiger partial charge is 0.269 e. The molecule has 30 heavy (non-hydrogen) atoms. The minimum Gasteiger partial charge on any atom is -0.497 e. The maximum absolute atomic E-state index is 13.3. The van der Waals surface area contributed by atoms with Gasteiger partial charge < -0.3 is 4.74 Å². The number of benzene rings is 3. The van der Waals surface area contributed by atoms with E-state index in [0.29, 0.717) is 22.6 Å². The molecule has 0 bridgehead atoms. The average Bonchev–Trinajstić information content (AvgIpc) is 3.10. The topological polar surface area (TPSA) is 72.7 Å². The Labute approximate surface area is 173 Å². The zero-order valence-corrected chi connectivity index (χ0v) is 16.2. The van der Waals surface area contributed by atoms with Gasteiger partial charge >= 0.3 is 0 Å². The van der Waals surface area contributed by atoms with Gasteiger partial charge in [0.1, 0.15) is 5.75 Å². The predicted octanol–water partition coefficient (Wildman–Crippen LogP) is 5.07. The molecule has 0 unspecified atom stereocenters. The van der Waals surface area contributed by atoms with Crippen LogP contribution in [0.5, 0.6) is 5.75 Å². The molecular formula is C24H18N2O4. The number of ether oxygens (including phenoxy) is 1. The molecule has 0 atom stereocenters. The number of nitrogens with zero attached hydrogens (tertiary/aromatic N) is 2. The number of carbonyl (C=O) groups is 1. The van der Waals surface area contributed by atoms with Crippen LogP contribution in [-0.4, -0.2) is 17.9 Å². The van der Waals surface area contributed by atoms with Crippen LogP contribution in [0.4, 0.5) is 11.4 Å². The van der Waals surface area contributed by atoms with E-state index in [0.717, 1.165) is 11.3 Å². The van der Waals surface area contributed by atoms with Crippen LogP contribution >= 0.6 is 0 Å². The van der Waals surface area contributed by atoms with Gasteiger partial charge in [0.15, 0.2) is 0 Å².